The average Bonchev–Trinajstić information content (AvgIpc) is 2.98. The van der Waals surface area contributed by atoms with E-state index in [0.29, 0.717) is 18.7 Å². The summed E-state index contributed by atoms with van der Waals surface area (Å²) >= 11 is 1.42. The predicted molar refractivity (Wildman–Crippen MR) is 91.1 cm³/mol. The van der Waals surface area contributed by atoms with Crippen LogP contribution in [-0.2, 0) is 6.42 Å². The van der Waals surface area contributed by atoms with E-state index in [9.17, 15) is 9.18 Å². The largest absolute Gasteiger partial charge is 0.344 e. The predicted octanol–water partition coefficient (Wildman–Crippen LogP) is 2.98. The Morgan fingerprint density at radius 3 is 2.61 bits per heavy atom. The minimum atomic E-state index is -0.460. The van der Waals surface area contributed by atoms with Gasteiger partial charge in [-0.1, -0.05) is 26.0 Å². The average molecular weight is 335 g/mol. The lowest BCUT2D eigenvalue weighted by molar-refractivity contribution is 0.0878. The molecular weight excluding hydrogens is 313 g/mol. The van der Waals surface area contributed by atoms with Crippen LogP contribution in [0.4, 0.5) is 4.39 Å². The maximum atomic E-state index is 12.9. The van der Waals surface area contributed by atoms with E-state index < -0.39 is 5.54 Å². The molecule has 1 aromatic carbocycles. The molecule has 2 aromatic rings. The van der Waals surface area contributed by atoms with E-state index >= 15 is 0 Å². The van der Waals surface area contributed by atoms with Crippen LogP contribution in [-0.4, -0.2) is 23.0 Å². The van der Waals surface area contributed by atoms with Crippen LogP contribution in [0, 0.1) is 11.7 Å². The van der Waals surface area contributed by atoms with Crippen LogP contribution >= 0.6 is 11.3 Å². The Morgan fingerprint density at radius 1 is 1.39 bits per heavy atom. The summed E-state index contributed by atoms with van der Waals surface area (Å²) in [4.78, 5) is 16.7. The summed E-state index contributed by atoms with van der Waals surface area (Å²) in [6.45, 7) is 6.34. The van der Waals surface area contributed by atoms with E-state index in [4.69, 9.17) is 5.73 Å². The third-order valence-corrected chi connectivity index (χ3v) is 5.00. The first-order valence-corrected chi connectivity index (χ1v) is 8.43. The fraction of sp³-hybridized carbons (Fsp3) is 0.412. The Kier molecular flexibility index (Phi) is 5.49. The zero-order valence-electron chi connectivity index (χ0n) is 13.6. The number of hydrogen-bond donors (Lipinski definition) is 2. The number of rotatable bonds is 6. The molecule has 1 unspecified atom stereocenters. The van der Waals surface area contributed by atoms with E-state index in [1.165, 1.54) is 23.5 Å². The van der Waals surface area contributed by atoms with Crippen molar-refractivity contribution in [1.82, 2.24) is 10.3 Å². The Labute approximate surface area is 139 Å². The monoisotopic (exact) mass is 335 g/mol. The normalized spacial score (nSPS) is 13.8. The fourth-order valence-electron chi connectivity index (χ4n) is 2.03. The van der Waals surface area contributed by atoms with Crippen molar-refractivity contribution in [2.24, 2.45) is 11.7 Å². The van der Waals surface area contributed by atoms with Gasteiger partial charge in [0.05, 0.1) is 10.5 Å². The van der Waals surface area contributed by atoms with E-state index in [2.05, 4.69) is 10.3 Å². The highest BCUT2D eigenvalue weighted by molar-refractivity contribution is 7.09. The molecule has 0 saturated carbocycles. The maximum absolute atomic E-state index is 12.9. The van der Waals surface area contributed by atoms with Crippen LogP contribution in [0.2, 0.25) is 0 Å². The highest BCUT2D eigenvalue weighted by atomic mass is 32.1. The number of hydrogen-bond acceptors (Lipinski definition) is 4. The van der Waals surface area contributed by atoms with Crippen molar-refractivity contribution in [3.63, 3.8) is 0 Å². The van der Waals surface area contributed by atoms with Gasteiger partial charge < -0.3 is 11.1 Å². The van der Waals surface area contributed by atoms with E-state index in [0.717, 1.165) is 10.6 Å². The molecule has 0 spiro atoms. The Morgan fingerprint density at radius 2 is 2.04 bits per heavy atom. The second kappa shape index (κ2) is 7.19. The first-order valence-electron chi connectivity index (χ1n) is 7.55. The molecule has 0 bridgehead atoms. The minimum absolute atomic E-state index is 0.215. The van der Waals surface area contributed by atoms with Gasteiger partial charge >= 0.3 is 0 Å². The molecule has 6 heteroatoms. The molecule has 4 nitrogen and oxygen atoms in total. The summed E-state index contributed by atoms with van der Waals surface area (Å²) in [5.41, 5.74) is 6.69. The van der Waals surface area contributed by atoms with Crippen LogP contribution in [0.15, 0.2) is 29.6 Å². The van der Waals surface area contributed by atoms with Crippen molar-refractivity contribution in [2.45, 2.75) is 32.7 Å². The van der Waals surface area contributed by atoms with Gasteiger partial charge in [-0.15, -0.1) is 11.3 Å². The van der Waals surface area contributed by atoms with E-state index in [1.807, 2.05) is 20.8 Å². The van der Waals surface area contributed by atoms with Crippen molar-refractivity contribution in [1.29, 1.82) is 0 Å². The molecule has 1 heterocycles. The van der Waals surface area contributed by atoms with E-state index in [-0.39, 0.29) is 17.6 Å². The molecule has 0 radical (unpaired) electrons. The summed E-state index contributed by atoms with van der Waals surface area (Å²) in [7, 11) is 0. The number of aromatic nitrogens is 1. The molecule has 124 valence electrons. The Bertz CT molecular complexity index is 669. The molecule has 0 aliphatic rings. The van der Waals surface area contributed by atoms with Crippen LogP contribution in [0.5, 0.6) is 0 Å². The van der Waals surface area contributed by atoms with Crippen molar-refractivity contribution < 1.29 is 9.18 Å². The minimum Gasteiger partial charge on any atom is -0.344 e. The number of carbonyl (C=O) groups excluding carboxylic acids is 1. The summed E-state index contributed by atoms with van der Waals surface area (Å²) < 4.78 is 12.9. The number of nitrogens with two attached hydrogens (primary N) is 1. The number of benzene rings is 1. The number of nitrogens with one attached hydrogen (secondary N) is 1. The Hall–Kier alpha value is -1.79. The van der Waals surface area contributed by atoms with Crippen molar-refractivity contribution >= 4 is 17.2 Å². The second-order valence-corrected chi connectivity index (χ2v) is 7.10. The quantitative estimate of drug-likeness (QED) is 0.853. The second-order valence-electron chi connectivity index (χ2n) is 6.16. The maximum Gasteiger partial charge on any atom is 0.271 e. The molecule has 0 aliphatic heterocycles. The molecule has 0 fully saturated rings. The molecule has 0 aliphatic carbocycles. The number of nitrogens with zero attached hydrogens (tertiary/aromatic N) is 1. The van der Waals surface area contributed by atoms with Gasteiger partial charge in [0, 0.05) is 18.3 Å². The third-order valence-electron chi connectivity index (χ3n) is 4.15. The highest BCUT2D eigenvalue weighted by Gasteiger charge is 2.29. The van der Waals surface area contributed by atoms with Crippen molar-refractivity contribution in [2.75, 3.05) is 6.54 Å². The molecule has 23 heavy (non-hydrogen) atoms. The SMILES string of the molecule is CC(C)C(C)(CN)NC(=O)c1csc(Cc2ccc(F)cc2)n1. The zero-order chi connectivity index (χ0) is 17.0. The van der Waals surface area contributed by atoms with Gasteiger partial charge in [0.15, 0.2) is 0 Å². The topological polar surface area (TPSA) is 68.0 Å². The summed E-state index contributed by atoms with van der Waals surface area (Å²) in [6, 6.07) is 6.29. The van der Waals surface area contributed by atoms with Gasteiger partial charge in [0.2, 0.25) is 0 Å². The summed E-state index contributed by atoms with van der Waals surface area (Å²) in [5, 5.41) is 5.54. The molecular formula is C17H22FN3OS. The first-order chi connectivity index (χ1) is 10.8. The number of thiazole rings is 1. The first kappa shape index (κ1) is 17.6. The third kappa shape index (κ3) is 4.36. The molecule has 1 aromatic heterocycles. The van der Waals surface area contributed by atoms with Crippen LogP contribution in [0.1, 0.15) is 41.8 Å². The molecule has 1 amide bonds. The molecule has 3 N–H and O–H groups in total. The smallest absolute Gasteiger partial charge is 0.271 e. The van der Waals surface area contributed by atoms with Gasteiger partial charge in [0.1, 0.15) is 11.5 Å². The van der Waals surface area contributed by atoms with Gasteiger partial charge in [0.25, 0.3) is 5.91 Å². The fourth-order valence-corrected chi connectivity index (χ4v) is 2.84. The lowest BCUT2D eigenvalue weighted by Gasteiger charge is -2.33. The van der Waals surface area contributed by atoms with Crippen LogP contribution in [0.3, 0.4) is 0 Å². The van der Waals surface area contributed by atoms with Gasteiger partial charge in [-0.2, -0.15) is 0 Å². The lowest BCUT2D eigenvalue weighted by atomic mass is 9.88. The van der Waals surface area contributed by atoms with Gasteiger partial charge in [-0.05, 0) is 30.5 Å². The lowest BCUT2D eigenvalue weighted by Crippen LogP contribution is -2.55. The van der Waals surface area contributed by atoms with Crippen molar-refractivity contribution in [3.8, 4) is 0 Å². The van der Waals surface area contributed by atoms with Crippen molar-refractivity contribution in [3.05, 3.63) is 51.7 Å². The standard InChI is InChI=1S/C17H22FN3OS/c1-11(2)17(3,10-19)21-16(22)14-9-23-15(20-14)8-12-4-6-13(18)7-5-12/h4-7,9,11H,8,10,19H2,1-3H3,(H,21,22). The number of carbonyl (C=O) groups is 1. The number of halogens is 1. The molecule has 2 rings (SSSR count). The van der Waals surface area contributed by atoms with Crippen LogP contribution in [0.25, 0.3) is 0 Å². The zero-order valence-corrected chi connectivity index (χ0v) is 14.4. The summed E-state index contributed by atoms with van der Waals surface area (Å²) in [6.07, 6.45) is 0.580. The molecule has 0 saturated heterocycles. The number of amides is 1. The van der Waals surface area contributed by atoms with Crippen LogP contribution < -0.4 is 11.1 Å². The molecule has 1 atom stereocenters. The Balaban J connectivity index is 2.06. The van der Waals surface area contributed by atoms with Gasteiger partial charge in [-0.3, -0.25) is 4.79 Å². The van der Waals surface area contributed by atoms with E-state index in [1.54, 1.807) is 17.5 Å². The van der Waals surface area contributed by atoms with Gasteiger partial charge in [-0.25, -0.2) is 9.37 Å². The summed E-state index contributed by atoms with van der Waals surface area (Å²) in [5.74, 6) is -0.260. The highest BCUT2D eigenvalue weighted by Crippen LogP contribution is 2.18.